The van der Waals surface area contributed by atoms with Gasteiger partial charge in [-0.05, 0) is 12.1 Å². The summed E-state index contributed by atoms with van der Waals surface area (Å²) in [4.78, 5) is 32.2. The van der Waals surface area contributed by atoms with Crippen LogP contribution in [0.3, 0.4) is 0 Å². The Morgan fingerprint density at radius 1 is 1.26 bits per heavy atom. The van der Waals surface area contributed by atoms with Gasteiger partial charge in [0, 0.05) is 12.4 Å². The predicted octanol–water partition coefficient (Wildman–Crippen LogP) is 1.15. The number of nitrogens with one attached hydrogen (secondary N) is 2. The molecule has 1 aliphatic heterocycles. The Labute approximate surface area is 109 Å². The van der Waals surface area contributed by atoms with Crippen molar-refractivity contribution in [1.29, 1.82) is 0 Å². The Morgan fingerprint density at radius 3 is 2.74 bits per heavy atom. The second-order valence-corrected chi connectivity index (χ2v) is 4.24. The molecule has 1 atom stereocenters. The molecule has 1 saturated heterocycles. The molecule has 1 unspecified atom stereocenters. The van der Waals surface area contributed by atoms with Crippen LogP contribution in [0.5, 0.6) is 0 Å². The van der Waals surface area contributed by atoms with Crippen molar-refractivity contribution in [3.63, 3.8) is 0 Å². The monoisotopic (exact) mass is 256 g/mol. The number of benzene rings is 1. The molecule has 0 radical (unpaired) electrons. The topological polar surface area (TPSA) is 78.1 Å². The minimum Gasteiger partial charge on any atom is -0.343 e. The van der Waals surface area contributed by atoms with E-state index in [9.17, 15) is 9.59 Å². The van der Waals surface area contributed by atoms with Gasteiger partial charge in [0.1, 0.15) is 6.04 Å². The van der Waals surface area contributed by atoms with Crippen molar-refractivity contribution in [2.45, 2.75) is 12.5 Å². The molecule has 19 heavy (non-hydrogen) atoms. The SMILES string of the molecule is O=C1CC(Nc2ncc[nH]2)C(=O)N1c1ccccc1. The van der Waals surface area contributed by atoms with Crippen molar-refractivity contribution in [2.75, 3.05) is 10.2 Å². The highest BCUT2D eigenvalue weighted by molar-refractivity contribution is 6.23. The molecule has 2 heterocycles. The van der Waals surface area contributed by atoms with Crippen LogP contribution in [-0.2, 0) is 9.59 Å². The first-order chi connectivity index (χ1) is 9.25. The predicted molar refractivity (Wildman–Crippen MR) is 69.6 cm³/mol. The molecule has 0 bridgehead atoms. The second kappa shape index (κ2) is 4.56. The van der Waals surface area contributed by atoms with Gasteiger partial charge in [0.2, 0.25) is 11.9 Å². The molecule has 1 aromatic heterocycles. The number of hydrogen-bond donors (Lipinski definition) is 2. The van der Waals surface area contributed by atoms with Gasteiger partial charge in [0.15, 0.2) is 0 Å². The quantitative estimate of drug-likeness (QED) is 0.808. The molecule has 1 fully saturated rings. The van der Waals surface area contributed by atoms with Crippen molar-refractivity contribution in [3.8, 4) is 0 Å². The average Bonchev–Trinajstić information content (AvgIpc) is 3.01. The fraction of sp³-hybridized carbons (Fsp3) is 0.154. The van der Waals surface area contributed by atoms with Crippen LogP contribution >= 0.6 is 0 Å². The first-order valence-corrected chi connectivity index (χ1v) is 5.93. The van der Waals surface area contributed by atoms with Crippen LogP contribution < -0.4 is 10.2 Å². The number of hydrogen-bond acceptors (Lipinski definition) is 4. The maximum absolute atomic E-state index is 12.2. The summed E-state index contributed by atoms with van der Waals surface area (Å²) in [6, 6.07) is 8.34. The Morgan fingerprint density at radius 2 is 2.05 bits per heavy atom. The summed E-state index contributed by atoms with van der Waals surface area (Å²) in [5.41, 5.74) is 0.598. The normalized spacial score (nSPS) is 18.9. The van der Waals surface area contributed by atoms with E-state index in [0.717, 1.165) is 0 Å². The number of aromatic amines is 1. The Hall–Kier alpha value is -2.63. The van der Waals surface area contributed by atoms with Crippen molar-refractivity contribution >= 4 is 23.5 Å². The smallest absolute Gasteiger partial charge is 0.256 e. The lowest BCUT2D eigenvalue weighted by molar-refractivity contribution is -0.121. The zero-order chi connectivity index (χ0) is 13.2. The van der Waals surface area contributed by atoms with Gasteiger partial charge in [0.25, 0.3) is 5.91 Å². The highest BCUT2D eigenvalue weighted by Gasteiger charge is 2.39. The van der Waals surface area contributed by atoms with E-state index in [0.29, 0.717) is 11.6 Å². The van der Waals surface area contributed by atoms with Gasteiger partial charge in [0.05, 0.1) is 12.1 Å². The van der Waals surface area contributed by atoms with Crippen molar-refractivity contribution in [1.82, 2.24) is 9.97 Å². The van der Waals surface area contributed by atoms with Gasteiger partial charge in [-0.2, -0.15) is 0 Å². The van der Waals surface area contributed by atoms with E-state index in [2.05, 4.69) is 15.3 Å². The van der Waals surface area contributed by atoms with Gasteiger partial charge in [-0.15, -0.1) is 0 Å². The van der Waals surface area contributed by atoms with Gasteiger partial charge in [-0.3, -0.25) is 9.59 Å². The Bertz CT molecular complexity index is 594. The van der Waals surface area contributed by atoms with E-state index in [1.54, 1.807) is 36.7 Å². The number of imide groups is 1. The zero-order valence-electron chi connectivity index (χ0n) is 10.0. The largest absolute Gasteiger partial charge is 0.343 e. The number of anilines is 2. The number of carbonyl (C=O) groups excluding carboxylic acids is 2. The lowest BCUT2D eigenvalue weighted by atomic mass is 10.2. The van der Waals surface area contributed by atoms with Crippen LogP contribution in [0.4, 0.5) is 11.6 Å². The Balaban J connectivity index is 1.82. The number of amides is 2. The van der Waals surface area contributed by atoms with Crippen LogP contribution in [-0.4, -0.2) is 27.8 Å². The number of aromatic nitrogens is 2. The molecule has 6 heteroatoms. The number of nitrogens with zero attached hydrogens (tertiary/aromatic N) is 2. The molecule has 96 valence electrons. The third-order valence-corrected chi connectivity index (χ3v) is 2.97. The van der Waals surface area contributed by atoms with Crippen LogP contribution in [0.15, 0.2) is 42.7 Å². The minimum absolute atomic E-state index is 0.133. The first-order valence-electron chi connectivity index (χ1n) is 5.93. The number of imidazole rings is 1. The molecule has 1 aliphatic rings. The molecule has 2 N–H and O–H groups in total. The fourth-order valence-electron chi connectivity index (χ4n) is 2.10. The number of H-pyrrole nitrogens is 1. The number of carbonyl (C=O) groups is 2. The van der Waals surface area contributed by atoms with Crippen molar-refractivity contribution in [2.24, 2.45) is 0 Å². The summed E-state index contributed by atoms with van der Waals surface area (Å²) >= 11 is 0. The molecule has 2 amide bonds. The standard InChI is InChI=1S/C13H12N4O2/c18-11-8-10(16-13-14-6-7-15-13)12(19)17(11)9-4-2-1-3-5-9/h1-7,10H,8H2,(H2,14,15,16). The lowest BCUT2D eigenvalue weighted by Crippen LogP contribution is -2.34. The van der Waals surface area contributed by atoms with Gasteiger partial charge < -0.3 is 10.3 Å². The number of rotatable bonds is 3. The molecular weight excluding hydrogens is 244 g/mol. The lowest BCUT2D eigenvalue weighted by Gasteiger charge is -2.15. The minimum atomic E-state index is -0.571. The van der Waals surface area contributed by atoms with Gasteiger partial charge >= 0.3 is 0 Å². The maximum atomic E-state index is 12.2. The highest BCUT2D eigenvalue weighted by Crippen LogP contribution is 2.23. The van der Waals surface area contributed by atoms with Crippen LogP contribution in [0.1, 0.15) is 6.42 Å². The van der Waals surface area contributed by atoms with Crippen LogP contribution in [0.2, 0.25) is 0 Å². The van der Waals surface area contributed by atoms with Gasteiger partial charge in [-0.25, -0.2) is 9.88 Å². The second-order valence-electron chi connectivity index (χ2n) is 4.24. The summed E-state index contributed by atoms with van der Waals surface area (Å²) < 4.78 is 0. The van der Waals surface area contributed by atoms with Crippen LogP contribution in [0.25, 0.3) is 0 Å². The molecular formula is C13H12N4O2. The molecule has 1 aromatic carbocycles. The molecule has 0 saturated carbocycles. The summed E-state index contributed by atoms with van der Waals surface area (Å²) in [5.74, 6) is 0.0221. The molecule has 2 aromatic rings. The third-order valence-electron chi connectivity index (χ3n) is 2.97. The molecule has 6 nitrogen and oxygen atoms in total. The van der Waals surface area contributed by atoms with Crippen molar-refractivity contribution < 1.29 is 9.59 Å². The van der Waals surface area contributed by atoms with Crippen molar-refractivity contribution in [3.05, 3.63) is 42.7 Å². The van der Waals surface area contributed by atoms with E-state index in [-0.39, 0.29) is 18.2 Å². The number of para-hydroxylation sites is 1. The summed E-state index contributed by atoms with van der Waals surface area (Å²) in [7, 11) is 0. The average molecular weight is 256 g/mol. The first kappa shape index (κ1) is 11.5. The fourth-order valence-corrected chi connectivity index (χ4v) is 2.10. The third kappa shape index (κ3) is 2.08. The molecule has 0 spiro atoms. The summed E-state index contributed by atoms with van der Waals surface area (Å²) in [6.45, 7) is 0. The zero-order valence-corrected chi connectivity index (χ0v) is 10.0. The Kier molecular flexibility index (Phi) is 2.75. The van der Waals surface area contributed by atoms with E-state index in [4.69, 9.17) is 0 Å². The van der Waals surface area contributed by atoms with E-state index < -0.39 is 6.04 Å². The highest BCUT2D eigenvalue weighted by atomic mass is 16.2. The molecule has 3 rings (SSSR count). The van der Waals surface area contributed by atoms with E-state index in [1.165, 1.54) is 4.90 Å². The maximum Gasteiger partial charge on any atom is 0.256 e. The molecule has 0 aliphatic carbocycles. The van der Waals surface area contributed by atoms with E-state index in [1.807, 2.05) is 6.07 Å². The van der Waals surface area contributed by atoms with E-state index >= 15 is 0 Å². The van der Waals surface area contributed by atoms with Gasteiger partial charge in [-0.1, -0.05) is 18.2 Å². The van der Waals surface area contributed by atoms with Crippen LogP contribution in [0, 0.1) is 0 Å². The summed E-state index contributed by atoms with van der Waals surface area (Å²) in [5, 5.41) is 2.92. The summed E-state index contributed by atoms with van der Waals surface area (Å²) in [6.07, 6.45) is 3.37.